The van der Waals surface area contributed by atoms with Crippen LogP contribution in [0.1, 0.15) is 0 Å². The average molecular weight is 432 g/mol. The molecule has 0 amide bonds. The summed E-state index contributed by atoms with van der Waals surface area (Å²) in [6.45, 7) is -0.642. The summed E-state index contributed by atoms with van der Waals surface area (Å²) in [7, 11) is 2.91. The minimum atomic E-state index is -4.21. The first-order chi connectivity index (χ1) is 9.81. The highest BCUT2D eigenvalue weighted by molar-refractivity contribution is 14.0. The fourth-order valence-electron chi connectivity index (χ4n) is 1.65. The van der Waals surface area contributed by atoms with E-state index in [0.29, 0.717) is 11.4 Å². The summed E-state index contributed by atoms with van der Waals surface area (Å²) in [6, 6.07) is 7.13. The zero-order valence-corrected chi connectivity index (χ0v) is 14.7. The van der Waals surface area contributed by atoms with Gasteiger partial charge in [0.15, 0.2) is 5.96 Å². The van der Waals surface area contributed by atoms with Gasteiger partial charge in [0.25, 0.3) is 0 Å². The molecule has 0 unspecified atom stereocenters. The summed E-state index contributed by atoms with van der Waals surface area (Å²) in [6.07, 6.45) is -4.21. The van der Waals surface area contributed by atoms with Crippen LogP contribution in [0.3, 0.4) is 0 Å². The smallest absolute Gasteiger partial charge is 0.401 e. The van der Waals surface area contributed by atoms with Crippen LogP contribution in [-0.2, 0) is 0 Å². The Morgan fingerprint density at radius 3 is 2.59 bits per heavy atom. The van der Waals surface area contributed by atoms with Gasteiger partial charge in [-0.1, -0.05) is 12.1 Å². The molecule has 126 valence electrons. The second-order valence-corrected chi connectivity index (χ2v) is 4.45. The SMILES string of the molecule is COc1ccccc1NC(N)=NCCN(C)CC(F)(F)F.I. The Morgan fingerprint density at radius 1 is 1.36 bits per heavy atom. The van der Waals surface area contributed by atoms with Gasteiger partial charge in [-0.25, -0.2) is 0 Å². The van der Waals surface area contributed by atoms with E-state index >= 15 is 0 Å². The van der Waals surface area contributed by atoms with Crippen LogP contribution in [0.2, 0.25) is 0 Å². The lowest BCUT2D eigenvalue weighted by molar-refractivity contribution is -0.142. The van der Waals surface area contributed by atoms with Crippen molar-refractivity contribution >= 4 is 35.6 Å². The summed E-state index contributed by atoms with van der Waals surface area (Å²) in [5.74, 6) is 0.727. The number of nitrogens with two attached hydrogens (primary N) is 1. The van der Waals surface area contributed by atoms with Crippen LogP contribution in [0.5, 0.6) is 5.75 Å². The zero-order valence-electron chi connectivity index (χ0n) is 12.4. The van der Waals surface area contributed by atoms with Gasteiger partial charge in [0.05, 0.1) is 25.9 Å². The van der Waals surface area contributed by atoms with Crippen molar-refractivity contribution in [2.24, 2.45) is 10.7 Å². The van der Waals surface area contributed by atoms with E-state index in [1.165, 1.54) is 14.2 Å². The van der Waals surface area contributed by atoms with E-state index in [-0.39, 0.29) is 43.0 Å². The van der Waals surface area contributed by atoms with Crippen molar-refractivity contribution in [1.82, 2.24) is 4.90 Å². The van der Waals surface area contributed by atoms with Gasteiger partial charge in [-0.2, -0.15) is 13.2 Å². The molecule has 0 saturated carbocycles. The Bertz CT molecular complexity index is 483. The van der Waals surface area contributed by atoms with Crippen LogP contribution in [0.4, 0.5) is 18.9 Å². The molecule has 0 aliphatic carbocycles. The predicted molar refractivity (Wildman–Crippen MR) is 92.1 cm³/mol. The van der Waals surface area contributed by atoms with Gasteiger partial charge in [0, 0.05) is 6.54 Å². The third-order valence-corrected chi connectivity index (χ3v) is 2.58. The molecule has 0 atom stereocenters. The minimum absolute atomic E-state index is 0. The number of methoxy groups -OCH3 is 1. The van der Waals surface area contributed by atoms with E-state index in [2.05, 4.69) is 10.3 Å². The first-order valence-corrected chi connectivity index (χ1v) is 6.27. The van der Waals surface area contributed by atoms with Crippen molar-refractivity contribution in [2.75, 3.05) is 39.1 Å². The number of hydrogen-bond acceptors (Lipinski definition) is 3. The zero-order chi connectivity index (χ0) is 15.9. The third kappa shape index (κ3) is 8.27. The summed E-state index contributed by atoms with van der Waals surface area (Å²) < 4.78 is 41.5. The maximum atomic E-state index is 12.1. The Hall–Kier alpha value is -1.23. The lowest BCUT2D eigenvalue weighted by atomic mass is 10.3. The highest BCUT2D eigenvalue weighted by atomic mass is 127. The number of nitrogens with zero attached hydrogens (tertiary/aromatic N) is 2. The number of anilines is 1. The van der Waals surface area contributed by atoms with Crippen LogP contribution in [-0.4, -0.2) is 50.8 Å². The molecule has 0 bridgehead atoms. The van der Waals surface area contributed by atoms with Crippen molar-refractivity contribution in [3.63, 3.8) is 0 Å². The quantitative estimate of drug-likeness (QED) is 0.412. The fourth-order valence-corrected chi connectivity index (χ4v) is 1.65. The Kier molecular flexibility index (Phi) is 9.18. The molecule has 0 heterocycles. The highest BCUT2D eigenvalue weighted by Crippen LogP contribution is 2.22. The van der Waals surface area contributed by atoms with Crippen LogP contribution >= 0.6 is 24.0 Å². The fraction of sp³-hybridized carbons (Fsp3) is 0.462. The Labute approximate surface area is 144 Å². The molecule has 0 spiro atoms. The largest absolute Gasteiger partial charge is 0.495 e. The molecule has 9 heteroatoms. The molecular formula is C13H20F3IN4O. The predicted octanol–water partition coefficient (Wildman–Crippen LogP) is 2.53. The van der Waals surface area contributed by atoms with Crippen molar-refractivity contribution in [3.05, 3.63) is 24.3 Å². The normalized spacial score (nSPS) is 12.0. The Balaban J connectivity index is 0.00000441. The lowest BCUT2D eigenvalue weighted by Crippen LogP contribution is -2.33. The van der Waals surface area contributed by atoms with Crippen LogP contribution in [0, 0.1) is 0 Å². The number of hydrogen-bond donors (Lipinski definition) is 2. The van der Waals surface area contributed by atoms with Gasteiger partial charge < -0.3 is 15.8 Å². The van der Waals surface area contributed by atoms with Crippen LogP contribution in [0.15, 0.2) is 29.3 Å². The van der Waals surface area contributed by atoms with E-state index in [4.69, 9.17) is 10.5 Å². The number of rotatable bonds is 6. The summed E-state index contributed by atoms with van der Waals surface area (Å²) >= 11 is 0. The van der Waals surface area contributed by atoms with Crippen molar-refractivity contribution in [2.45, 2.75) is 6.18 Å². The highest BCUT2D eigenvalue weighted by Gasteiger charge is 2.28. The third-order valence-electron chi connectivity index (χ3n) is 2.58. The van der Waals surface area contributed by atoms with E-state index in [0.717, 1.165) is 4.90 Å². The maximum Gasteiger partial charge on any atom is 0.401 e. The van der Waals surface area contributed by atoms with Crippen molar-refractivity contribution < 1.29 is 17.9 Å². The molecule has 0 radical (unpaired) electrons. The van der Waals surface area contributed by atoms with Crippen LogP contribution in [0.25, 0.3) is 0 Å². The lowest BCUT2D eigenvalue weighted by Gasteiger charge is -2.17. The van der Waals surface area contributed by atoms with Crippen molar-refractivity contribution in [1.29, 1.82) is 0 Å². The standard InChI is InChI=1S/C13H19F3N4O.HI/c1-20(9-13(14,15)16)8-7-18-12(17)19-10-5-3-4-6-11(10)21-2;/h3-6H,7-9H2,1-2H3,(H3,17,18,19);1H. The molecule has 5 nitrogen and oxygen atoms in total. The van der Waals surface area contributed by atoms with Gasteiger partial charge in [-0.15, -0.1) is 24.0 Å². The summed E-state index contributed by atoms with van der Waals surface area (Å²) in [5, 5.41) is 2.85. The number of nitrogens with one attached hydrogen (secondary N) is 1. The molecule has 1 aromatic rings. The molecular weight excluding hydrogens is 412 g/mol. The van der Waals surface area contributed by atoms with Crippen molar-refractivity contribution in [3.8, 4) is 5.75 Å². The van der Waals surface area contributed by atoms with E-state index < -0.39 is 12.7 Å². The monoisotopic (exact) mass is 432 g/mol. The second-order valence-electron chi connectivity index (χ2n) is 4.45. The number of guanidine groups is 1. The maximum absolute atomic E-state index is 12.1. The van der Waals surface area contributed by atoms with Gasteiger partial charge in [-0.3, -0.25) is 9.89 Å². The topological polar surface area (TPSA) is 62.9 Å². The molecule has 1 aromatic carbocycles. The van der Waals surface area contributed by atoms with E-state index in [1.54, 1.807) is 18.2 Å². The molecule has 0 aromatic heterocycles. The molecule has 0 aliphatic heterocycles. The number of para-hydroxylation sites is 2. The number of halogens is 4. The first kappa shape index (κ1) is 20.8. The first-order valence-electron chi connectivity index (χ1n) is 6.27. The summed E-state index contributed by atoms with van der Waals surface area (Å²) in [4.78, 5) is 5.12. The molecule has 3 N–H and O–H groups in total. The molecule has 0 fully saturated rings. The van der Waals surface area contributed by atoms with E-state index in [1.807, 2.05) is 6.07 Å². The van der Waals surface area contributed by atoms with E-state index in [9.17, 15) is 13.2 Å². The number of benzene rings is 1. The Morgan fingerprint density at radius 2 is 2.00 bits per heavy atom. The molecule has 0 saturated heterocycles. The average Bonchev–Trinajstić information content (AvgIpc) is 2.37. The van der Waals surface area contributed by atoms with Gasteiger partial charge in [-0.05, 0) is 19.2 Å². The second kappa shape index (κ2) is 9.72. The van der Waals surface area contributed by atoms with Crippen LogP contribution < -0.4 is 15.8 Å². The minimum Gasteiger partial charge on any atom is -0.495 e. The van der Waals surface area contributed by atoms with Gasteiger partial charge >= 0.3 is 6.18 Å². The number of aliphatic imine (C=N–C) groups is 1. The number of ether oxygens (including phenoxy) is 1. The van der Waals surface area contributed by atoms with Gasteiger partial charge in [0.1, 0.15) is 5.75 Å². The molecule has 1 rings (SSSR count). The molecule has 0 aliphatic rings. The van der Waals surface area contributed by atoms with Gasteiger partial charge in [0.2, 0.25) is 0 Å². The number of likely N-dealkylation sites (N-methyl/N-ethyl adjacent to an activating group) is 1. The number of alkyl halides is 3. The summed E-state index contributed by atoms with van der Waals surface area (Å²) in [5.41, 5.74) is 6.33. The molecule has 22 heavy (non-hydrogen) atoms.